The highest BCUT2D eigenvalue weighted by Crippen LogP contribution is 2.36. The topological polar surface area (TPSA) is 9.23 Å². The zero-order valence-corrected chi connectivity index (χ0v) is 15.6. The van der Waals surface area contributed by atoms with Gasteiger partial charge in [-0.3, -0.25) is 0 Å². The second-order valence-electron chi connectivity index (χ2n) is 6.94. The summed E-state index contributed by atoms with van der Waals surface area (Å²) in [7, 11) is 0.954. The molecule has 0 saturated carbocycles. The van der Waals surface area contributed by atoms with E-state index < -0.39 is 16.1 Å². The van der Waals surface area contributed by atoms with Crippen molar-refractivity contribution in [2.75, 3.05) is 7.11 Å². The highest BCUT2D eigenvalue weighted by Gasteiger charge is 2.29. The largest absolute Gasteiger partial charge is 0.505 e. The smallest absolute Gasteiger partial charge is 0.0911 e. The van der Waals surface area contributed by atoms with Gasteiger partial charge in [-0.05, 0) is 6.07 Å². The van der Waals surface area contributed by atoms with E-state index in [9.17, 15) is 0 Å². The van der Waals surface area contributed by atoms with E-state index in [0.29, 0.717) is 0 Å². The zero-order valence-electron chi connectivity index (χ0n) is 12.7. The minimum Gasteiger partial charge on any atom is -0.505 e. The van der Waals surface area contributed by atoms with Gasteiger partial charge >= 0.3 is 0 Å². The molecule has 0 aliphatic carbocycles. The third kappa shape index (κ3) is 4.22. The number of para-hydroxylation sites is 1. The summed E-state index contributed by atoms with van der Waals surface area (Å²) in [6.45, 7) is 15.0. The molecule has 0 radical (unpaired) electrons. The second-order valence-corrected chi connectivity index (χ2v) is 20.4. The van der Waals surface area contributed by atoms with Crippen molar-refractivity contribution in [3.05, 3.63) is 24.3 Å². The molecule has 1 rings (SSSR count). The van der Waals surface area contributed by atoms with E-state index in [1.165, 1.54) is 13.9 Å². The summed E-state index contributed by atoms with van der Waals surface area (Å²) in [5, 5.41) is 1.36. The number of methoxy groups -OCH3 is 1. The lowest BCUT2D eigenvalue weighted by atomic mass is 10.3. The van der Waals surface area contributed by atoms with Crippen LogP contribution >= 0.6 is 8.58 Å². The standard InChI is InChI=1S/C14H26OPSi2/c1-15-12-10-8-9-11-13(12)16-14(17(2,3)4)18(5,6)7/h8-11,14H,1-7H3/q-1. The predicted molar refractivity (Wildman–Crippen MR) is 90.0 cm³/mol. The van der Waals surface area contributed by atoms with E-state index in [2.05, 4.69) is 63.5 Å². The molecule has 0 aromatic heterocycles. The maximum Gasteiger partial charge on any atom is 0.0911 e. The molecule has 0 spiro atoms. The van der Waals surface area contributed by atoms with Gasteiger partial charge in [0.05, 0.1) is 12.9 Å². The maximum absolute atomic E-state index is 5.50. The molecule has 0 atom stereocenters. The molecule has 1 aromatic rings. The van der Waals surface area contributed by atoms with Gasteiger partial charge in [-0.15, -0.1) is 0 Å². The first-order chi connectivity index (χ1) is 8.16. The molecule has 0 aliphatic heterocycles. The summed E-state index contributed by atoms with van der Waals surface area (Å²) in [5.41, 5.74) is 0. The van der Waals surface area contributed by atoms with Crippen LogP contribution in [0.1, 0.15) is 0 Å². The summed E-state index contributed by atoms with van der Waals surface area (Å²) < 4.78 is 5.50. The van der Waals surface area contributed by atoms with Crippen molar-refractivity contribution in [2.45, 2.75) is 44.2 Å². The van der Waals surface area contributed by atoms with Gasteiger partial charge in [-0.25, -0.2) is 0 Å². The predicted octanol–water partition coefficient (Wildman–Crippen LogP) is 4.39. The fourth-order valence-corrected chi connectivity index (χ4v) is 17.6. The van der Waals surface area contributed by atoms with Crippen LogP contribution in [0, 0.1) is 0 Å². The minimum atomic E-state index is -1.15. The van der Waals surface area contributed by atoms with Crippen LogP contribution in [0.5, 0.6) is 5.75 Å². The Kier molecular flexibility index (Phi) is 5.22. The molecule has 0 unspecified atom stereocenters. The third-order valence-electron chi connectivity index (χ3n) is 2.99. The molecule has 0 saturated heterocycles. The summed E-state index contributed by atoms with van der Waals surface area (Å²) in [6, 6.07) is 8.47. The molecule has 0 amide bonds. The fraction of sp³-hybridized carbons (Fsp3) is 0.571. The molecule has 1 aromatic carbocycles. The maximum atomic E-state index is 5.50. The first-order valence-electron chi connectivity index (χ1n) is 6.50. The van der Waals surface area contributed by atoms with Crippen molar-refractivity contribution in [3.8, 4) is 5.75 Å². The SMILES string of the molecule is COc1ccccc1[P-]C([Si](C)(C)C)[Si](C)(C)C. The van der Waals surface area contributed by atoms with E-state index in [1.807, 2.05) is 0 Å². The van der Waals surface area contributed by atoms with Gasteiger partial charge in [-0.1, -0.05) is 57.5 Å². The fourth-order valence-electron chi connectivity index (χ4n) is 2.56. The van der Waals surface area contributed by atoms with E-state index in [4.69, 9.17) is 4.74 Å². The summed E-state index contributed by atoms with van der Waals surface area (Å²) in [5.74, 6) is 1.04. The van der Waals surface area contributed by atoms with Crippen molar-refractivity contribution < 1.29 is 4.74 Å². The molecule has 0 aliphatic rings. The van der Waals surface area contributed by atoms with Crippen LogP contribution in [-0.4, -0.2) is 28.2 Å². The van der Waals surface area contributed by atoms with Gasteiger partial charge in [0.25, 0.3) is 0 Å². The van der Waals surface area contributed by atoms with Crippen LogP contribution in [0.25, 0.3) is 0 Å². The average molecular weight is 298 g/mol. The highest BCUT2D eigenvalue weighted by molar-refractivity contribution is 7.56. The van der Waals surface area contributed by atoms with E-state index in [-0.39, 0.29) is 0 Å². The minimum absolute atomic E-state index is 0.862. The lowest BCUT2D eigenvalue weighted by molar-refractivity contribution is 0.418. The quantitative estimate of drug-likeness (QED) is 0.578. The number of hydrogen-bond donors (Lipinski definition) is 0. The Hall–Kier alpha value is -0.116. The van der Waals surface area contributed by atoms with Crippen LogP contribution in [0.2, 0.25) is 39.3 Å². The molecule has 0 N–H and O–H groups in total. The monoisotopic (exact) mass is 297 g/mol. The lowest BCUT2D eigenvalue weighted by Gasteiger charge is -2.49. The van der Waals surface area contributed by atoms with Gasteiger partial charge in [0.1, 0.15) is 0 Å². The molecule has 0 heterocycles. The Morgan fingerprint density at radius 1 is 0.944 bits per heavy atom. The van der Waals surface area contributed by atoms with Gasteiger partial charge in [-0.2, -0.15) is 10.2 Å². The van der Waals surface area contributed by atoms with Crippen molar-refractivity contribution in [1.82, 2.24) is 0 Å². The number of benzene rings is 1. The molecule has 0 bridgehead atoms. The zero-order chi connectivity index (χ0) is 14.0. The van der Waals surface area contributed by atoms with Crippen molar-refractivity contribution in [3.63, 3.8) is 0 Å². The Morgan fingerprint density at radius 2 is 1.44 bits per heavy atom. The van der Waals surface area contributed by atoms with Gasteiger partial charge < -0.3 is 13.3 Å². The van der Waals surface area contributed by atoms with Crippen LogP contribution in [-0.2, 0) is 0 Å². The summed E-state index contributed by atoms with van der Waals surface area (Å²) >= 11 is 0. The average Bonchev–Trinajstić information content (AvgIpc) is 2.23. The molecule has 4 heteroatoms. The molecule has 102 valence electrons. The molecular weight excluding hydrogens is 271 g/mol. The number of ether oxygens (including phenoxy) is 1. The Morgan fingerprint density at radius 3 is 1.89 bits per heavy atom. The van der Waals surface area contributed by atoms with Crippen LogP contribution < -0.4 is 10.0 Å². The van der Waals surface area contributed by atoms with Crippen LogP contribution in [0.15, 0.2) is 24.3 Å². The van der Waals surface area contributed by atoms with Crippen LogP contribution in [0.3, 0.4) is 0 Å². The van der Waals surface area contributed by atoms with E-state index >= 15 is 0 Å². The van der Waals surface area contributed by atoms with E-state index in [0.717, 1.165) is 10.7 Å². The number of hydrogen-bond acceptors (Lipinski definition) is 1. The first-order valence-corrected chi connectivity index (χ1v) is 14.6. The number of rotatable bonds is 5. The Bertz CT molecular complexity index is 380. The summed E-state index contributed by atoms with van der Waals surface area (Å²) in [4.78, 5) is 0.862. The van der Waals surface area contributed by atoms with Crippen molar-refractivity contribution in [2.24, 2.45) is 0 Å². The Balaban J connectivity index is 3.05. The van der Waals surface area contributed by atoms with E-state index in [1.54, 1.807) is 7.11 Å². The first kappa shape index (κ1) is 15.9. The molecule has 18 heavy (non-hydrogen) atoms. The van der Waals surface area contributed by atoms with Gasteiger partial charge in [0.2, 0.25) is 0 Å². The normalized spacial score (nSPS) is 13.6. The van der Waals surface area contributed by atoms with Crippen LogP contribution in [0.4, 0.5) is 0 Å². The van der Waals surface area contributed by atoms with Gasteiger partial charge in [0, 0.05) is 16.1 Å². The second kappa shape index (κ2) is 5.89. The molecule has 1 nitrogen and oxygen atoms in total. The van der Waals surface area contributed by atoms with Gasteiger partial charge in [0.15, 0.2) is 0 Å². The Labute approximate surface area is 116 Å². The molecule has 0 fully saturated rings. The lowest BCUT2D eigenvalue weighted by Crippen LogP contribution is -2.51. The van der Waals surface area contributed by atoms with Crippen molar-refractivity contribution in [1.29, 1.82) is 0 Å². The third-order valence-corrected chi connectivity index (χ3v) is 17.8. The highest BCUT2D eigenvalue weighted by atomic mass is 31.1. The summed E-state index contributed by atoms with van der Waals surface area (Å²) in [6.07, 6.45) is 0. The van der Waals surface area contributed by atoms with Crippen molar-refractivity contribution >= 4 is 30.0 Å². The molecular formula is C14H26OPSi2-.